The zero-order valence-corrected chi connectivity index (χ0v) is 8.90. The number of rotatable bonds is 2. The fraction of sp³-hybridized carbons (Fsp3) is 0.100. The van der Waals surface area contributed by atoms with E-state index in [4.69, 9.17) is 5.11 Å². The number of nitro groups is 1. The van der Waals surface area contributed by atoms with Crippen molar-refractivity contribution in [1.29, 1.82) is 0 Å². The molecule has 1 rings (SSSR count). The molecule has 0 aliphatic rings. The van der Waals surface area contributed by atoms with Crippen molar-refractivity contribution >= 4 is 24.3 Å². The minimum atomic E-state index is -1.24. The van der Waals surface area contributed by atoms with Crippen molar-refractivity contribution in [3.63, 3.8) is 0 Å². The third-order valence-electron chi connectivity index (χ3n) is 1.75. The molecular formula is C10H7NO4S. The average Bonchev–Trinajstić information content (AvgIpc) is 2.25. The molecule has 0 radical (unpaired) electrons. The molecule has 6 heteroatoms. The predicted octanol–water partition coefficient (Wildman–Crippen LogP) is 1.57. The number of nitrogens with zero attached hydrogens (tertiary/aromatic N) is 1. The van der Waals surface area contributed by atoms with Crippen LogP contribution in [0.2, 0.25) is 0 Å². The molecule has 0 spiro atoms. The Morgan fingerprint density at radius 2 is 2.25 bits per heavy atom. The lowest BCUT2D eigenvalue weighted by Crippen LogP contribution is -2.01. The number of carboxylic acids is 1. The number of thiol groups is 1. The van der Waals surface area contributed by atoms with Crippen LogP contribution in [0.3, 0.4) is 0 Å². The Morgan fingerprint density at radius 3 is 2.75 bits per heavy atom. The SMILES string of the molecule is O=C(O)c1cc([N+](=O)[O-])ccc1C#CCS. The number of benzene rings is 1. The van der Waals surface area contributed by atoms with Gasteiger partial charge in [0, 0.05) is 17.7 Å². The van der Waals surface area contributed by atoms with E-state index < -0.39 is 10.9 Å². The first kappa shape index (κ1) is 12.1. The van der Waals surface area contributed by atoms with Crippen LogP contribution in [0.15, 0.2) is 18.2 Å². The third-order valence-corrected chi connectivity index (χ3v) is 1.90. The van der Waals surface area contributed by atoms with E-state index in [9.17, 15) is 14.9 Å². The first-order valence-corrected chi connectivity index (χ1v) is 4.81. The zero-order chi connectivity index (χ0) is 12.1. The van der Waals surface area contributed by atoms with Gasteiger partial charge >= 0.3 is 5.97 Å². The lowest BCUT2D eigenvalue weighted by Gasteiger charge is -1.98. The second-order valence-electron chi connectivity index (χ2n) is 2.75. The van der Waals surface area contributed by atoms with Crippen LogP contribution < -0.4 is 0 Å². The van der Waals surface area contributed by atoms with E-state index in [1.807, 2.05) is 0 Å². The van der Waals surface area contributed by atoms with Crippen LogP contribution in [0.25, 0.3) is 0 Å². The molecule has 0 aliphatic heterocycles. The fourth-order valence-corrected chi connectivity index (χ4v) is 1.15. The number of carboxylic acid groups (broad SMARTS) is 1. The van der Waals surface area contributed by atoms with Gasteiger partial charge in [-0.25, -0.2) is 4.79 Å². The average molecular weight is 237 g/mol. The van der Waals surface area contributed by atoms with Crippen molar-refractivity contribution in [3.8, 4) is 11.8 Å². The first-order chi connectivity index (χ1) is 7.56. The summed E-state index contributed by atoms with van der Waals surface area (Å²) in [4.78, 5) is 20.7. The van der Waals surface area contributed by atoms with E-state index >= 15 is 0 Å². The normalized spacial score (nSPS) is 9.06. The van der Waals surface area contributed by atoms with Crippen LogP contribution in [-0.2, 0) is 0 Å². The standard InChI is InChI=1S/C10H7NO4S/c12-10(13)9-6-8(11(14)15)4-3-7(9)2-1-5-16/h3-4,6,16H,5H2,(H,12,13). The van der Waals surface area contributed by atoms with Crippen molar-refractivity contribution < 1.29 is 14.8 Å². The second kappa shape index (κ2) is 5.19. The van der Waals surface area contributed by atoms with Gasteiger partial charge < -0.3 is 5.11 Å². The molecule has 0 heterocycles. The molecule has 0 saturated heterocycles. The summed E-state index contributed by atoms with van der Waals surface area (Å²) >= 11 is 3.86. The van der Waals surface area contributed by atoms with Gasteiger partial charge in [-0.1, -0.05) is 11.8 Å². The van der Waals surface area contributed by atoms with E-state index in [1.165, 1.54) is 12.1 Å². The van der Waals surface area contributed by atoms with Gasteiger partial charge in [-0.2, -0.15) is 12.6 Å². The van der Waals surface area contributed by atoms with Gasteiger partial charge in [0.15, 0.2) is 0 Å². The minimum Gasteiger partial charge on any atom is -0.478 e. The smallest absolute Gasteiger partial charge is 0.337 e. The molecular weight excluding hydrogens is 230 g/mol. The number of hydrogen-bond acceptors (Lipinski definition) is 4. The highest BCUT2D eigenvalue weighted by Crippen LogP contribution is 2.17. The highest BCUT2D eigenvalue weighted by Gasteiger charge is 2.14. The number of carbonyl (C=O) groups is 1. The molecule has 0 fully saturated rings. The topological polar surface area (TPSA) is 80.4 Å². The predicted molar refractivity (Wildman–Crippen MR) is 60.8 cm³/mol. The summed E-state index contributed by atoms with van der Waals surface area (Å²) in [6.07, 6.45) is 0. The van der Waals surface area contributed by atoms with E-state index in [-0.39, 0.29) is 22.6 Å². The Balaban J connectivity index is 3.30. The molecule has 0 aromatic heterocycles. The highest BCUT2D eigenvalue weighted by molar-refractivity contribution is 7.80. The third kappa shape index (κ3) is 2.74. The highest BCUT2D eigenvalue weighted by atomic mass is 32.1. The van der Waals surface area contributed by atoms with Crippen molar-refractivity contribution in [2.24, 2.45) is 0 Å². The summed E-state index contributed by atoms with van der Waals surface area (Å²) in [6.45, 7) is 0. The lowest BCUT2D eigenvalue weighted by atomic mass is 10.1. The maximum Gasteiger partial charge on any atom is 0.337 e. The molecule has 0 saturated carbocycles. The number of aromatic carboxylic acids is 1. The van der Waals surface area contributed by atoms with Crippen LogP contribution in [0.1, 0.15) is 15.9 Å². The molecule has 1 aromatic rings. The van der Waals surface area contributed by atoms with Crippen LogP contribution >= 0.6 is 12.6 Å². The summed E-state index contributed by atoms with van der Waals surface area (Å²) in [5.41, 5.74) is -0.204. The van der Waals surface area contributed by atoms with E-state index in [0.29, 0.717) is 0 Å². The monoisotopic (exact) mass is 237 g/mol. The number of hydrogen-bond donors (Lipinski definition) is 2. The van der Waals surface area contributed by atoms with Crippen LogP contribution in [0, 0.1) is 22.0 Å². The van der Waals surface area contributed by atoms with Gasteiger partial charge in [-0.05, 0) is 6.07 Å². The Morgan fingerprint density at radius 1 is 1.56 bits per heavy atom. The van der Waals surface area contributed by atoms with Gasteiger partial charge in [0.2, 0.25) is 0 Å². The zero-order valence-electron chi connectivity index (χ0n) is 8.01. The van der Waals surface area contributed by atoms with E-state index in [2.05, 4.69) is 24.5 Å². The largest absolute Gasteiger partial charge is 0.478 e. The van der Waals surface area contributed by atoms with Crippen molar-refractivity contribution in [3.05, 3.63) is 39.4 Å². The molecule has 16 heavy (non-hydrogen) atoms. The molecule has 82 valence electrons. The molecule has 1 N–H and O–H groups in total. The summed E-state index contributed by atoms with van der Waals surface area (Å²) in [5, 5.41) is 19.3. The lowest BCUT2D eigenvalue weighted by molar-refractivity contribution is -0.384. The Bertz CT molecular complexity index is 501. The van der Waals surface area contributed by atoms with Crippen molar-refractivity contribution in [2.45, 2.75) is 0 Å². The van der Waals surface area contributed by atoms with Crippen LogP contribution in [0.5, 0.6) is 0 Å². The first-order valence-electron chi connectivity index (χ1n) is 4.17. The van der Waals surface area contributed by atoms with Crippen molar-refractivity contribution in [2.75, 3.05) is 5.75 Å². The van der Waals surface area contributed by atoms with Crippen LogP contribution in [-0.4, -0.2) is 21.8 Å². The Kier molecular flexibility index (Phi) is 3.91. The summed E-state index contributed by atoms with van der Waals surface area (Å²) in [5.74, 6) is 4.21. The Labute approximate surface area is 96.7 Å². The second-order valence-corrected chi connectivity index (χ2v) is 3.07. The van der Waals surface area contributed by atoms with Gasteiger partial charge in [0.05, 0.1) is 16.2 Å². The maximum atomic E-state index is 10.9. The molecule has 5 nitrogen and oxygen atoms in total. The minimum absolute atomic E-state index is 0.177. The van der Waals surface area contributed by atoms with E-state index in [1.54, 1.807) is 0 Å². The quantitative estimate of drug-likeness (QED) is 0.354. The van der Waals surface area contributed by atoms with Gasteiger partial charge in [-0.15, -0.1) is 0 Å². The van der Waals surface area contributed by atoms with E-state index in [0.717, 1.165) is 6.07 Å². The van der Waals surface area contributed by atoms with Crippen LogP contribution in [0.4, 0.5) is 5.69 Å². The van der Waals surface area contributed by atoms with Gasteiger partial charge in [-0.3, -0.25) is 10.1 Å². The number of nitro benzene ring substituents is 1. The van der Waals surface area contributed by atoms with Gasteiger partial charge in [0.25, 0.3) is 5.69 Å². The Hall–Kier alpha value is -2.00. The molecule has 0 amide bonds. The fourth-order valence-electron chi connectivity index (χ4n) is 1.07. The van der Waals surface area contributed by atoms with Crippen molar-refractivity contribution in [1.82, 2.24) is 0 Å². The molecule has 1 aromatic carbocycles. The molecule has 0 atom stereocenters. The summed E-state index contributed by atoms with van der Waals surface area (Å²) in [6, 6.07) is 3.53. The van der Waals surface area contributed by atoms with Gasteiger partial charge in [0.1, 0.15) is 0 Å². The molecule has 0 bridgehead atoms. The summed E-state index contributed by atoms with van der Waals surface area (Å²) < 4.78 is 0. The molecule has 0 unspecified atom stereocenters. The summed E-state index contributed by atoms with van der Waals surface area (Å²) in [7, 11) is 0. The molecule has 0 aliphatic carbocycles. The maximum absolute atomic E-state index is 10.9. The number of non-ortho nitro benzene ring substituents is 1.